The maximum absolute atomic E-state index is 12.4. The molecule has 3 rings (SSSR count). The molecule has 13 nitrogen and oxygen atoms in total. The highest BCUT2D eigenvalue weighted by atomic mass is 35.5. The third-order valence-electron chi connectivity index (χ3n) is 10.0. The molecule has 0 bridgehead atoms. The molecule has 5 N–H and O–H groups in total. The van der Waals surface area contributed by atoms with Gasteiger partial charge in [-0.25, -0.2) is 4.98 Å². The third-order valence-corrected chi connectivity index (χ3v) is 14.4. The van der Waals surface area contributed by atoms with E-state index in [4.69, 9.17) is 26.1 Å². The van der Waals surface area contributed by atoms with Gasteiger partial charge in [-0.3, -0.25) is 13.7 Å². The lowest BCUT2D eigenvalue weighted by molar-refractivity contribution is -0.0354. The lowest BCUT2D eigenvalue weighted by atomic mass is 10.1. The van der Waals surface area contributed by atoms with Crippen molar-refractivity contribution in [1.82, 2.24) is 19.5 Å². The van der Waals surface area contributed by atoms with E-state index >= 15 is 0 Å². The number of unbranched alkanes of at least 4 members (excludes halogenated alkanes) is 18. The molecule has 5 atom stereocenters. The molecule has 1 aliphatic rings. The normalized spacial score (nSPS) is 20.5. The van der Waals surface area contributed by atoms with Crippen molar-refractivity contribution in [3.8, 4) is 0 Å². The smallest absolute Gasteiger partial charge is 0.335 e. The van der Waals surface area contributed by atoms with Gasteiger partial charge in [0, 0.05) is 19.3 Å². The van der Waals surface area contributed by atoms with Gasteiger partial charge in [0.1, 0.15) is 18.1 Å². The topological polar surface area (TPSA) is 191 Å². The number of rotatable bonds is 29. The lowest BCUT2D eigenvalue weighted by Crippen LogP contribution is -2.32. The Labute approximate surface area is 315 Å². The Hall–Kier alpha value is -1.14. The number of ether oxygens (including phenoxy) is 1. The molecular formula is C36H66ClN5O8P2. The molecule has 2 aromatic rings. The highest BCUT2D eigenvalue weighted by Gasteiger charge is 2.45. The van der Waals surface area contributed by atoms with Gasteiger partial charge in [0.25, 0.3) is 0 Å². The van der Waals surface area contributed by atoms with Crippen LogP contribution in [-0.4, -0.2) is 87.9 Å². The minimum atomic E-state index is -4.72. The van der Waals surface area contributed by atoms with Gasteiger partial charge in [-0.1, -0.05) is 129 Å². The molecule has 1 fully saturated rings. The van der Waals surface area contributed by atoms with Crippen molar-refractivity contribution < 1.29 is 38.8 Å². The van der Waals surface area contributed by atoms with Crippen LogP contribution in [0.2, 0.25) is 5.28 Å². The van der Waals surface area contributed by atoms with Crippen molar-refractivity contribution in [3.05, 3.63) is 11.6 Å². The fourth-order valence-corrected chi connectivity index (χ4v) is 10.8. The van der Waals surface area contributed by atoms with Gasteiger partial charge < -0.3 is 34.5 Å². The second kappa shape index (κ2) is 23.7. The van der Waals surface area contributed by atoms with Crippen LogP contribution in [0.1, 0.15) is 155 Å². The Morgan fingerprint density at radius 3 is 1.71 bits per heavy atom. The Morgan fingerprint density at radius 2 is 1.23 bits per heavy atom. The quantitative estimate of drug-likeness (QED) is 0.0300. The van der Waals surface area contributed by atoms with E-state index in [2.05, 4.69) is 33.7 Å². The van der Waals surface area contributed by atoms with Crippen LogP contribution in [0.3, 0.4) is 0 Å². The van der Waals surface area contributed by atoms with Gasteiger partial charge in [-0.15, -0.1) is 0 Å². The van der Waals surface area contributed by atoms with Crippen LogP contribution < -0.4 is 4.90 Å². The van der Waals surface area contributed by atoms with Crippen LogP contribution in [0, 0.1) is 0 Å². The number of anilines is 1. The van der Waals surface area contributed by atoms with E-state index in [-0.39, 0.29) is 11.7 Å². The predicted octanol–water partition coefficient (Wildman–Crippen LogP) is 8.54. The highest BCUT2D eigenvalue weighted by Crippen LogP contribution is 2.55. The van der Waals surface area contributed by atoms with E-state index in [1.807, 2.05) is 0 Å². The third kappa shape index (κ3) is 15.9. The molecule has 0 spiro atoms. The first-order valence-electron chi connectivity index (χ1n) is 19.9. The summed E-state index contributed by atoms with van der Waals surface area (Å²) in [5, 5.41) is 21.8. The van der Waals surface area contributed by atoms with E-state index in [9.17, 15) is 24.2 Å². The Bertz CT molecular complexity index is 1370. The molecule has 0 aliphatic carbocycles. The summed E-state index contributed by atoms with van der Waals surface area (Å²) in [4.78, 5) is 44.3. The predicted molar refractivity (Wildman–Crippen MR) is 208 cm³/mol. The van der Waals surface area contributed by atoms with Crippen molar-refractivity contribution in [2.45, 2.75) is 173 Å². The number of halogens is 1. The molecule has 1 aliphatic heterocycles. The summed E-state index contributed by atoms with van der Waals surface area (Å²) in [5.41, 5.74) is 0.830. The average molecular weight is 794 g/mol. The summed E-state index contributed by atoms with van der Waals surface area (Å²) in [6.45, 7) is 6.07. The molecule has 1 saturated heterocycles. The van der Waals surface area contributed by atoms with E-state index in [0.717, 1.165) is 38.8 Å². The molecule has 0 saturated carbocycles. The first-order chi connectivity index (χ1) is 24.9. The summed E-state index contributed by atoms with van der Waals surface area (Å²) in [6.07, 6.45) is 20.6. The van der Waals surface area contributed by atoms with Crippen LogP contribution in [0.5, 0.6) is 0 Å². The number of aromatic nitrogens is 4. The Kier molecular flexibility index (Phi) is 20.6. The maximum atomic E-state index is 12.4. The largest absolute Gasteiger partial charge is 0.388 e. The number of imidazole rings is 1. The zero-order valence-corrected chi connectivity index (χ0v) is 34.1. The van der Waals surface area contributed by atoms with Crippen LogP contribution in [-0.2, 0) is 13.9 Å². The molecular weight excluding hydrogens is 728 g/mol. The number of aliphatic hydroxyl groups excluding tert-OH is 2. The summed E-state index contributed by atoms with van der Waals surface area (Å²) in [7, 11) is -8.92. The van der Waals surface area contributed by atoms with Gasteiger partial charge in [0.05, 0.1) is 12.4 Å². The van der Waals surface area contributed by atoms with Crippen LogP contribution in [0.4, 0.5) is 5.82 Å². The van der Waals surface area contributed by atoms with E-state index in [1.54, 1.807) is 0 Å². The van der Waals surface area contributed by atoms with E-state index in [1.165, 1.54) is 114 Å². The van der Waals surface area contributed by atoms with Crippen molar-refractivity contribution in [1.29, 1.82) is 0 Å². The zero-order chi connectivity index (χ0) is 38.0. The first-order valence-corrected chi connectivity index (χ1v) is 24.1. The summed E-state index contributed by atoms with van der Waals surface area (Å²) >= 11 is 6.51. The van der Waals surface area contributed by atoms with Gasteiger partial charge in [0.15, 0.2) is 23.2 Å². The molecule has 2 aromatic heterocycles. The highest BCUT2D eigenvalue weighted by molar-refractivity contribution is 7.72. The second-order valence-corrected chi connectivity index (χ2v) is 19.6. The number of aliphatic hydroxyl groups is 2. The molecule has 300 valence electrons. The second-order valence-electron chi connectivity index (χ2n) is 14.7. The fraction of sp³-hybridized carbons (Fsp3) is 0.861. The molecule has 0 radical (unpaired) electrons. The minimum absolute atomic E-state index is 0.0173. The molecule has 0 aromatic carbocycles. The fourth-order valence-electron chi connectivity index (χ4n) is 7.07. The van der Waals surface area contributed by atoms with Gasteiger partial charge >= 0.3 is 7.60 Å². The summed E-state index contributed by atoms with van der Waals surface area (Å²) in [6, 6.07) is 0. The number of hydrogen-bond acceptors (Lipinski definition) is 9. The molecule has 2 unspecified atom stereocenters. The van der Waals surface area contributed by atoms with Crippen molar-refractivity contribution in [2.24, 2.45) is 0 Å². The van der Waals surface area contributed by atoms with E-state index < -0.39 is 51.6 Å². The molecule has 0 amide bonds. The van der Waals surface area contributed by atoms with Gasteiger partial charge in [-0.05, 0) is 30.9 Å². The lowest BCUT2D eigenvalue weighted by Gasteiger charge is -2.24. The minimum Gasteiger partial charge on any atom is -0.388 e. The van der Waals surface area contributed by atoms with Crippen molar-refractivity contribution >= 4 is 43.5 Å². The number of fused-ring (bicyclic) bond motifs is 1. The average Bonchev–Trinajstić information content (AvgIpc) is 3.62. The van der Waals surface area contributed by atoms with Gasteiger partial charge in [0.2, 0.25) is 12.7 Å². The zero-order valence-electron chi connectivity index (χ0n) is 31.5. The monoisotopic (exact) mass is 793 g/mol. The van der Waals surface area contributed by atoms with Crippen LogP contribution in [0.25, 0.3) is 11.2 Å². The standard InChI is InChI=1S/C36H66ClN5O8P2/c1-3-5-7-9-11-13-15-17-19-21-24-41(25-22-20-18-16-14-12-10-8-6-4-2)33-30-34(40-36(37)39-33)42(27-38-30)35-32(44)31(43)29(50-35)23-26-51(45,46)28-52(47,48)49/h27,29,31-32,35,43-44H,3-26,28H2,1-2H3,(H,45,46)(H2,47,48,49)/t29-,31?,32+,35-/m1/s1. The number of nitrogens with zero attached hydrogens (tertiary/aromatic N) is 5. The van der Waals surface area contributed by atoms with Crippen LogP contribution >= 0.6 is 26.6 Å². The van der Waals surface area contributed by atoms with Crippen LogP contribution in [0.15, 0.2) is 6.33 Å². The van der Waals surface area contributed by atoms with Crippen molar-refractivity contribution in [3.63, 3.8) is 0 Å². The Morgan fingerprint density at radius 1 is 0.750 bits per heavy atom. The molecule has 3 heterocycles. The summed E-state index contributed by atoms with van der Waals surface area (Å²) in [5.74, 6) is -0.544. The maximum Gasteiger partial charge on any atom is 0.335 e. The SMILES string of the molecule is CCCCCCCCCCCCN(CCCCCCCCCCCC)c1nc(Cl)nc2c1ncn2[C@@H]1O[C@H](CCP(=O)(O)CP(=O)(O)O)C(O)[C@@H]1O. The Balaban J connectivity index is 1.67. The van der Waals surface area contributed by atoms with E-state index in [0.29, 0.717) is 17.0 Å². The molecule has 52 heavy (non-hydrogen) atoms. The van der Waals surface area contributed by atoms with Gasteiger partial charge in [-0.2, -0.15) is 9.97 Å². The summed E-state index contributed by atoms with van der Waals surface area (Å²) < 4.78 is 31.1. The molecule has 16 heteroatoms. The number of hydrogen-bond donors (Lipinski definition) is 5. The first kappa shape index (κ1) is 45.3. The van der Waals surface area contributed by atoms with Crippen molar-refractivity contribution in [2.75, 3.05) is 30.1 Å².